The van der Waals surface area contributed by atoms with E-state index in [0.29, 0.717) is 19.4 Å². The predicted molar refractivity (Wildman–Crippen MR) is 81.3 cm³/mol. The number of nitrogens with two attached hydrogens (primary N) is 2. The molecule has 1 aromatic rings. The Labute approximate surface area is 125 Å². The molecule has 0 aromatic heterocycles. The number of rotatable bonds is 7. The molecule has 1 atom stereocenters. The van der Waals surface area contributed by atoms with Crippen molar-refractivity contribution in [2.45, 2.75) is 25.8 Å². The van der Waals surface area contributed by atoms with Gasteiger partial charge in [0.25, 0.3) is 0 Å². The van der Waals surface area contributed by atoms with E-state index in [1.165, 1.54) is 4.90 Å². The van der Waals surface area contributed by atoms with Crippen LogP contribution in [-0.4, -0.2) is 29.8 Å². The molecule has 0 aliphatic rings. The lowest BCUT2D eigenvalue weighted by Gasteiger charge is -2.28. The number of hydrogen-bond acceptors (Lipinski definition) is 3. The molecule has 5 nitrogen and oxygen atoms in total. The van der Waals surface area contributed by atoms with E-state index < -0.39 is 5.91 Å². The molecule has 0 heterocycles. The van der Waals surface area contributed by atoms with Crippen molar-refractivity contribution in [3.63, 3.8) is 0 Å². The van der Waals surface area contributed by atoms with Crippen molar-refractivity contribution in [2.75, 3.05) is 13.1 Å². The summed E-state index contributed by atoms with van der Waals surface area (Å²) in [4.78, 5) is 24.7. The van der Waals surface area contributed by atoms with E-state index in [9.17, 15) is 9.59 Å². The van der Waals surface area contributed by atoms with Crippen LogP contribution >= 0.6 is 12.4 Å². The topological polar surface area (TPSA) is 89.4 Å². The fraction of sp³-hybridized carbons (Fsp3) is 0.429. The number of halogens is 1. The van der Waals surface area contributed by atoms with Crippen molar-refractivity contribution >= 4 is 24.2 Å². The number of primary amides is 1. The van der Waals surface area contributed by atoms with E-state index in [0.717, 1.165) is 5.56 Å². The SMILES string of the molecule is C[C@H](c1ccccc1)N(CC(N)=O)C(=O)CCCN.Cl. The molecule has 0 fully saturated rings. The first-order valence-electron chi connectivity index (χ1n) is 6.39. The maximum Gasteiger partial charge on any atom is 0.237 e. The third-order valence-electron chi connectivity index (χ3n) is 2.99. The Bertz CT molecular complexity index is 426. The zero-order valence-corrected chi connectivity index (χ0v) is 12.4. The van der Waals surface area contributed by atoms with Crippen molar-refractivity contribution in [3.05, 3.63) is 35.9 Å². The predicted octanol–water partition coefficient (Wildman–Crippen LogP) is 1.22. The van der Waals surface area contributed by atoms with Crippen LogP contribution in [0.2, 0.25) is 0 Å². The number of hydrogen-bond donors (Lipinski definition) is 2. The number of nitrogens with zero attached hydrogens (tertiary/aromatic N) is 1. The van der Waals surface area contributed by atoms with Gasteiger partial charge in [-0.1, -0.05) is 30.3 Å². The van der Waals surface area contributed by atoms with Gasteiger partial charge in [0, 0.05) is 6.42 Å². The standard InChI is InChI=1S/C14H21N3O2.ClH/c1-11(12-6-3-2-4-7-12)17(10-13(16)18)14(19)8-5-9-15;/h2-4,6-7,11H,5,8-10,15H2,1H3,(H2,16,18);1H/t11-;/m1./s1. The second-order valence-corrected chi connectivity index (χ2v) is 4.47. The lowest BCUT2D eigenvalue weighted by Crippen LogP contribution is -2.40. The third kappa shape index (κ3) is 5.59. The van der Waals surface area contributed by atoms with Gasteiger partial charge in [0.2, 0.25) is 11.8 Å². The summed E-state index contributed by atoms with van der Waals surface area (Å²) in [7, 11) is 0. The molecule has 20 heavy (non-hydrogen) atoms. The van der Waals surface area contributed by atoms with E-state index in [4.69, 9.17) is 11.5 Å². The average molecular weight is 300 g/mol. The van der Waals surface area contributed by atoms with Gasteiger partial charge in [0.1, 0.15) is 0 Å². The van der Waals surface area contributed by atoms with Crippen molar-refractivity contribution in [1.29, 1.82) is 0 Å². The molecule has 0 aliphatic carbocycles. The normalized spacial score (nSPS) is 11.3. The summed E-state index contributed by atoms with van der Waals surface area (Å²) in [5.74, 6) is -0.607. The lowest BCUT2D eigenvalue weighted by molar-refractivity contribution is -0.137. The quantitative estimate of drug-likeness (QED) is 0.793. The number of carbonyl (C=O) groups excluding carboxylic acids is 2. The minimum Gasteiger partial charge on any atom is -0.368 e. The summed E-state index contributed by atoms with van der Waals surface area (Å²) in [5.41, 5.74) is 11.6. The van der Waals surface area contributed by atoms with Gasteiger partial charge in [-0.3, -0.25) is 9.59 Å². The largest absolute Gasteiger partial charge is 0.368 e. The first-order valence-corrected chi connectivity index (χ1v) is 6.39. The van der Waals surface area contributed by atoms with Crippen molar-refractivity contribution < 1.29 is 9.59 Å². The molecule has 2 amide bonds. The van der Waals surface area contributed by atoms with E-state index in [2.05, 4.69) is 0 Å². The summed E-state index contributed by atoms with van der Waals surface area (Å²) in [5, 5.41) is 0. The number of amides is 2. The molecule has 0 aliphatic heterocycles. The van der Waals surface area contributed by atoms with Crippen molar-refractivity contribution in [1.82, 2.24) is 4.90 Å². The highest BCUT2D eigenvalue weighted by molar-refractivity contribution is 5.85. The van der Waals surface area contributed by atoms with Gasteiger partial charge in [-0.2, -0.15) is 0 Å². The van der Waals surface area contributed by atoms with Crippen LogP contribution in [0.15, 0.2) is 30.3 Å². The Kier molecular flexibility index (Phi) is 8.59. The van der Waals surface area contributed by atoms with Crippen LogP contribution in [0.25, 0.3) is 0 Å². The summed E-state index contributed by atoms with van der Waals surface area (Å²) in [6.07, 6.45) is 0.941. The zero-order valence-electron chi connectivity index (χ0n) is 11.6. The van der Waals surface area contributed by atoms with Crippen LogP contribution in [0.5, 0.6) is 0 Å². The van der Waals surface area contributed by atoms with Gasteiger partial charge in [0.15, 0.2) is 0 Å². The van der Waals surface area contributed by atoms with Gasteiger partial charge in [-0.15, -0.1) is 12.4 Å². The van der Waals surface area contributed by atoms with Gasteiger partial charge in [-0.25, -0.2) is 0 Å². The maximum atomic E-state index is 12.1. The smallest absolute Gasteiger partial charge is 0.237 e. The van der Waals surface area contributed by atoms with Crippen LogP contribution < -0.4 is 11.5 Å². The van der Waals surface area contributed by atoms with Crippen LogP contribution in [0, 0.1) is 0 Å². The molecule has 4 N–H and O–H groups in total. The van der Waals surface area contributed by atoms with Crippen LogP contribution in [0.4, 0.5) is 0 Å². The van der Waals surface area contributed by atoms with Crippen LogP contribution in [0.3, 0.4) is 0 Å². The first kappa shape index (κ1) is 18.4. The highest BCUT2D eigenvalue weighted by atomic mass is 35.5. The summed E-state index contributed by atoms with van der Waals surface area (Å²) in [6, 6.07) is 9.38. The second kappa shape index (κ2) is 9.34. The summed E-state index contributed by atoms with van der Waals surface area (Å²) in [6.45, 7) is 2.27. The van der Waals surface area contributed by atoms with E-state index in [1.54, 1.807) is 0 Å². The Morgan fingerprint density at radius 1 is 1.25 bits per heavy atom. The summed E-state index contributed by atoms with van der Waals surface area (Å²) >= 11 is 0. The molecule has 112 valence electrons. The molecule has 0 saturated heterocycles. The fourth-order valence-electron chi connectivity index (χ4n) is 1.92. The molecule has 0 unspecified atom stereocenters. The highest BCUT2D eigenvalue weighted by Gasteiger charge is 2.22. The van der Waals surface area contributed by atoms with Gasteiger partial charge >= 0.3 is 0 Å². The monoisotopic (exact) mass is 299 g/mol. The first-order chi connectivity index (χ1) is 9.06. The van der Waals surface area contributed by atoms with Crippen LogP contribution in [-0.2, 0) is 9.59 Å². The van der Waals surface area contributed by atoms with Crippen molar-refractivity contribution in [3.8, 4) is 0 Å². The molecule has 1 rings (SSSR count). The van der Waals surface area contributed by atoms with E-state index in [1.807, 2.05) is 37.3 Å². The third-order valence-corrected chi connectivity index (χ3v) is 2.99. The molecule has 6 heteroatoms. The zero-order chi connectivity index (χ0) is 14.3. The van der Waals surface area contributed by atoms with Crippen LogP contribution in [0.1, 0.15) is 31.4 Å². The van der Waals surface area contributed by atoms with Gasteiger partial charge in [-0.05, 0) is 25.5 Å². The van der Waals surface area contributed by atoms with E-state index >= 15 is 0 Å². The molecule has 0 radical (unpaired) electrons. The van der Waals surface area contributed by atoms with Gasteiger partial charge in [0.05, 0.1) is 12.6 Å². The molecular weight excluding hydrogens is 278 g/mol. The Balaban J connectivity index is 0.00000361. The number of benzene rings is 1. The second-order valence-electron chi connectivity index (χ2n) is 4.47. The van der Waals surface area contributed by atoms with E-state index in [-0.39, 0.29) is 30.9 Å². The maximum absolute atomic E-state index is 12.1. The molecule has 0 spiro atoms. The Morgan fingerprint density at radius 3 is 2.35 bits per heavy atom. The molecular formula is C14H22ClN3O2. The van der Waals surface area contributed by atoms with Crippen molar-refractivity contribution in [2.24, 2.45) is 11.5 Å². The average Bonchev–Trinajstić information content (AvgIpc) is 2.42. The highest BCUT2D eigenvalue weighted by Crippen LogP contribution is 2.20. The molecule has 0 saturated carbocycles. The Morgan fingerprint density at radius 2 is 1.85 bits per heavy atom. The summed E-state index contributed by atoms with van der Waals surface area (Å²) < 4.78 is 0. The lowest BCUT2D eigenvalue weighted by atomic mass is 10.1. The molecule has 0 bridgehead atoms. The fourth-order valence-corrected chi connectivity index (χ4v) is 1.92. The minimum absolute atomic E-state index is 0. The Hall–Kier alpha value is -1.59. The number of carbonyl (C=O) groups is 2. The molecule has 1 aromatic carbocycles. The minimum atomic E-state index is -0.510. The van der Waals surface area contributed by atoms with Gasteiger partial charge < -0.3 is 16.4 Å².